The van der Waals surface area contributed by atoms with Gasteiger partial charge in [-0.25, -0.2) is 12.8 Å². The topological polar surface area (TPSA) is 49.4 Å². The summed E-state index contributed by atoms with van der Waals surface area (Å²) in [4.78, 5) is 0.0974. The maximum atomic E-state index is 13.5. The lowest BCUT2D eigenvalue weighted by Crippen LogP contribution is -2.30. The highest BCUT2D eigenvalue weighted by Crippen LogP contribution is 2.28. The second-order valence-corrected chi connectivity index (χ2v) is 7.36. The summed E-state index contributed by atoms with van der Waals surface area (Å²) in [5, 5.41) is 3.10. The van der Waals surface area contributed by atoms with Crippen molar-refractivity contribution in [2.45, 2.75) is 38.1 Å². The molecule has 1 aliphatic heterocycles. The highest BCUT2D eigenvalue weighted by Gasteiger charge is 2.33. The van der Waals surface area contributed by atoms with E-state index in [2.05, 4.69) is 12.2 Å². The van der Waals surface area contributed by atoms with E-state index in [1.165, 1.54) is 10.4 Å². The predicted molar refractivity (Wildman–Crippen MR) is 80.9 cm³/mol. The van der Waals surface area contributed by atoms with Crippen LogP contribution in [0.1, 0.15) is 32.3 Å². The lowest BCUT2D eigenvalue weighted by atomic mass is 10.1. The standard InChI is InChI=1S/C15H23FN2O2S/c1-3-12-7-8-18(11-12)21(19,20)15-9-14(16)6-5-13(15)10-17-4-2/h5-6,9,12,17H,3-4,7-8,10-11H2,1-2H3. The van der Waals surface area contributed by atoms with Gasteiger partial charge in [-0.3, -0.25) is 0 Å². The molecule has 118 valence electrons. The predicted octanol–water partition coefficient (Wildman–Crippen LogP) is 2.36. The number of halogens is 1. The van der Waals surface area contributed by atoms with E-state index in [9.17, 15) is 12.8 Å². The molecule has 6 heteroatoms. The zero-order chi connectivity index (χ0) is 15.5. The molecule has 0 aromatic heterocycles. The fourth-order valence-electron chi connectivity index (χ4n) is 2.66. The van der Waals surface area contributed by atoms with Crippen molar-refractivity contribution in [3.05, 3.63) is 29.6 Å². The van der Waals surface area contributed by atoms with Gasteiger partial charge < -0.3 is 5.32 Å². The number of nitrogens with zero attached hydrogens (tertiary/aromatic N) is 1. The summed E-state index contributed by atoms with van der Waals surface area (Å²) in [5.41, 5.74) is 0.623. The lowest BCUT2D eigenvalue weighted by molar-refractivity contribution is 0.451. The van der Waals surface area contributed by atoms with Crippen molar-refractivity contribution in [3.8, 4) is 0 Å². The van der Waals surface area contributed by atoms with Crippen molar-refractivity contribution in [1.82, 2.24) is 9.62 Å². The molecule has 0 radical (unpaired) electrons. The summed E-state index contributed by atoms with van der Waals surface area (Å²) in [6, 6.07) is 4.00. The molecule has 1 saturated heterocycles. The number of sulfonamides is 1. The first-order chi connectivity index (χ1) is 9.98. The SMILES string of the molecule is CCNCc1ccc(F)cc1S(=O)(=O)N1CCC(CC)C1. The minimum absolute atomic E-state index is 0.0974. The average molecular weight is 314 g/mol. The molecule has 0 saturated carbocycles. The van der Waals surface area contributed by atoms with Crippen LogP contribution in [0.15, 0.2) is 23.1 Å². The number of nitrogens with one attached hydrogen (secondary N) is 1. The van der Waals surface area contributed by atoms with Gasteiger partial charge in [-0.1, -0.05) is 26.3 Å². The Morgan fingerprint density at radius 1 is 1.38 bits per heavy atom. The molecule has 0 amide bonds. The molecular weight excluding hydrogens is 291 g/mol. The molecule has 4 nitrogen and oxygen atoms in total. The van der Waals surface area contributed by atoms with E-state index >= 15 is 0 Å². The molecule has 1 fully saturated rings. The molecule has 0 bridgehead atoms. The zero-order valence-electron chi connectivity index (χ0n) is 12.6. The first kappa shape index (κ1) is 16.4. The first-order valence-corrected chi connectivity index (χ1v) is 8.92. The average Bonchev–Trinajstić information content (AvgIpc) is 2.95. The second-order valence-electron chi connectivity index (χ2n) is 5.46. The molecular formula is C15H23FN2O2S. The van der Waals surface area contributed by atoms with Gasteiger partial charge in [0.1, 0.15) is 5.82 Å². The van der Waals surface area contributed by atoms with Crippen LogP contribution in [-0.2, 0) is 16.6 Å². The van der Waals surface area contributed by atoms with Crippen LogP contribution in [0.4, 0.5) is 4.39 Å². The summed E-state index contributed by atoms with van der Waals surface area (Å²) in [5.74, 6) is -0.106. The molecule has 1 aromatic rings. The van der Waals surface area contributed by atoms with Gasteiger partial charge >= 0.3 is 0 Å². The molecule has 1 aliphatic rings. The monoisotopic (exact) mass is 314 g/mol. The van der Waals surface area contributed by atoms with Gasteiger partial charge in [0.2, 0.25) is 10.0 Å². The van der Waals surface area contributed by atoms with Crippen LogP contribution in [0.3, 0.4) is 0 Å². The highest BCUT2D eigenvalue weighted by atomic mass is 32.2. The molecule has 0 aliphatic carbocycles. The van der Waals surface area contributed by atoms with Crippen LogP contribution in [0, 0.1) is 11.7 Å². The maximum Gasteiger partial charge on any atom is 0.243 e. The van der Waals surface area contributed by atoms with Gasteiger partial charge in [0.05, 0.1) is 4.90 Å². The Bertz CT molecular complexity index is 589. The Morgan fingerprint density at radius 3 is 2.76 bits per heavy atom. The van der Waals surface area contributed by atoms with Crippen molar-refractivity contribution in [1.29, 1.82) is 0 Å². The molecule has 1 atom stereocenters. The third kappa shape index (κ3) is 3.62. The summed E-state index contributed by atoms with van der Waals surface area (Å²) < 4.78 is 40.5. The maximum absolute atomic E-state index is 13.5. The normalized spacial score (nSPS) is 20.0. The summed E-state index contributed by atoms with van der Waals surface area (Å²) in [6.45, 7) is 6.24. The van der Waals surface area contributed by atoms with E-state index in [1.807, 2.05) is 6.92 Å². The second kappa shape index (κ2) is 6.85. The summed E-state index contributed by atoms with van der Waals surface area (Å²) >= 11 is 0. The third-order valence-electron chi connectivity index (χ3n) is 4.04. The largest absolute Gasteiger partial charge is 0.313 e. The summed E-state index contributed by atoms with van der Waals surface area (Å²) in [7, 11) is -3.61. The van der Waals surface area contributed by atoms with Crippen molar-refractivity contribution < 1.29 is 12.8 Å². The van der Waals surface area contributed by atoms with Crippen molar-refractivity contribution >= 4 is 10.0 Å². The third-order valence-corrected chi connectivity index (χ3v) is 5.99. The smallest absolute Gasteiger partial charge is 0.243 e. The highest BCUT2D eigenvalue weighted by molar-refractivity contribution is 7.89. The molecule has 0 spiro atoms. The Kier molecular flexibility index (Phi) is 5.35. The van der Waals surface area contributed by atoms with Crippen LogP contribution >= 0.6 is 0 Å². The van der Waals surface area contributed by atoms with Crippen LogP contribution in [0.2, 0.25) is 0 Å². The van der Waals surface area contributed by atoms with Crippen LogP contribution < -0.4 is 5.32 Å². The molecule has 2 rings (SSSR count). The Morgan fingerprint density at radius 2 is 2.14 bits per heavy atom. The van der Waals surface area contributed by atoms with Gasteiger partial charge in [-0.05, 0) is 36.6 Å². The van der Waals surface area contributed by atoms with E-state index in [0.29, 0.717) is 31.1 Å². The van der Waals surface area contributed by atoms with Crippen LogP contribution in [0.5, 0.6) is 0 Å². The Labute approximate surface area is 126 Å². The van der Waals surface area contributed by atoms with Crippen molar-refractivity contribution in [3.63, 3.8) is 0 Å². The Balaban J connectivity index is 2.32. The van der Waals surface area contributed by atoms with Crippen LogP contribution in [0.25, 0.3) is 0 Å². The van der Waals surface area contributed by atoms with E-state index < -0.39 is 15.8 Å². The Hall–Kier alpha value is -0.980. The molecule has 1 aromatic carbocycles. The number of hydrogen-bond donors (Lipinski definition) is 1. The van der Waals surface area contributed by atoms with Gasteiger partial charge in [-0.2, -0.15) is 4.31 Å². The van der Waals surface area contributed by atoms with Gasteiger partial charge in [0.15, 0.2) is 0 Å². The van der Waals surface area contributed by atoms with E-state index in [1.54, 1.807) is 6.07 Å². The van der Waals surface area contributed by atoms with E-state index in [4.69, 9.17) is 0 Å². The van der Waals surface area contributed by atoms with Crippen LogP contribution in [-0.4, -0.2) is 32.4 Å². The number of hydrogen-bond acceptors (Lipinski definition) is 3. The molecule has 1 heterocycles. The molecule has 1 unspecified atom stereocenters. The number of rotatable bonds is 6. The minimum Gasteiger partial charge on any atom is -0.313 e. The fourth-order valence-corrected chi connectivity index (χ4v) is 4.43. The lowest BCUT2D eigenvalue weighted by Gasteiger charge is -2.19. The van der Waals surface area contributed by atoms with Gasteiger partial charge in [0.25, 0.3) is 0 Å². The van der Waals surface area contributed by atoms with Crippen molar-refractivity contribution in [2.75, 3.05) is 19.6 Å². The van der Waals surface area contributed by atoms with Gasteiger partial charge in [-0.15, -0.1) is 0 Å². The fraction of sp³-hybridized carbons (Fsp3) is 0.600. The summed E-state index contributed by atoms with van der Waals surface area (Å²) in [6.07, 6.45) is 1.85. The molecule has 1 N–H and O–H groups in total. The van der Waals surface area contributed by atoms with E-state index in [0.717, 1.165) is 25.5 Å². The zero-order valence-corrected chi connectivity index (χ0v) is 13.4. The number of benzene rings is 1. The minimum atomic E-state index is -3.61. The quantitative estimate of drug-likeness (QED) is 0.877. The molecule has 21 heavy (non-hydrogen) atoms. The van der Waals surface area contributed by atoms with Gasteiger partial charge in [0, 0.05) is 19.6 Å². The van der Waals surface area contributed by atoms with Crippen molar-refractivity contribution in [2.24, 2.45) is 5.92 Å². The first-order valence-electron chi connectivity index (χ1n) is 7.48. The van der Waals surface area contributed by atoms with E-state index in [-0.39, 0.29) is 4.90 Å².